The summed E-state index contributed by atoms with van der Waals surface area (Å²) < 4.78 is 176. The van der Waals surface area contributed by atoms with Gasteiger partial charge in [0.25, 0.3) is 21.2 Å². The molecule has 4 heterocycles. The summed E-state index contributed by atoms with van der Waals surface area (Å²) in [5.41, 5.74) is -7.73. The van der Waals surface area contributed by atoms with Gasteiger partial charge in [-0.3, -0.25) is 51.9 Å². The van der Waals surface area contributed by atoms with Crippen LogP contribution in [-0.2, 0) is 113 Å². The van der Waals surface area contributed by atoms with Gasteiger partial charge in [0.1, 0.15) is 30.6 Å². The number of carbonyl (C=O) groups is 6. The summed E-state index contributed by atoms with van der Waals surface area (Å²) in [6.07, 6.45) is -12.3. The van der Waals surface area contributed by atoms with E-state index in [9.17, 15) is 75.7 Å². The Morgan fingerprint density at radius 3 is 1.08 bits per heavy atom. The largest absolute Gasteiger partial charge is 0.510 e. The number of H-pyrrole nitrogens is 2. The van der Waals surface area contributed by atoms with Crippen molar-refractivity contribution < 1.29 is 154 Å². The van der Waals surface area contributed by atoms with Crippen LogP contribution in [0.3, 0.4) is 0 Å². The summed E-state index contributed by atoms with van der Waals surface area (Å²) >= 11 is 0. The van der Waals surface area contributed by atoms with Gasteiger partial charge in [-0.2, -0.15) is 8.42 Å². The molecular formula is C54H87F2N5O35P2S. The zero-order valence-electron chi connectivity index (χ0n) is 56.8. The van der Waals surface area contributed by atoms with Gasteiger partial charge < -0.3 is 72.8 Å². The van der Waals surface area contributed by atoms with E-state index >= 15 is 8.78 Å². The van der Waals surface area contributed by atoms with E-state index in [1.54, 1.807) is 27.7 Å². The number of aromatic nitrogens is 4. The molecule has 40 nitrogen and oxygen atoms in total. The number of nitrogens with two attached hydrogens (primary N) is 1. The number of nitrogens with one attached hydrogen (secondary N) is 2. The molecule has 0 saturated carbocycles. The molecule has 0 amide bonds. The lowest BCUT2D eigenvalue weighted by Gasteiger charge is -2.35. The number of ether oxygens (including phenoxy) is 12. The first-order chi connectivity index (χ1) is 45.5. The summed E-state index contributed by atoms with van der Waals surface area (Å²) in [6.45, 7) is 12.5. The Bertz CT molecular complexity index is 3190. The fourth-order valence-electron chi connectivity index (χ4n) is 8.01. The van der Waals surface area contributed by atoms with E-state index in [0.29, 0.717) is 10.8 Å². The number of phosphoric ester groups is 2. The number of aromatic amines is 2. The van der Waals surface area contributed by atoms with E-state index < -0.39 is 228 Å². The quantitative estimate of drug-likeness (QED) is 0.0198. The lowest BCUT2D eigenvalue weighted by molar-refractivity contribution is -0.180. The highest BCUT2D eigenvalue weighted by molar-refractivity contribution is 7.85. The van der Waals surface area contributed by atoms with Gasteiger partial charge in [0.05, 0.1) is 49.8 Å². The Morgan fingerprint density at radius 1 is 0.556 bits per heavy atom. The third-order valence-electron chi connectivity index (χ3n) is 13.0. The van der Waals surface area contributed by atoms with Crippen molar-refractivity contribution in [2.24, 2.45) is 23.5 Å². The lowest BCUT2D eigenvalue weighted by Crippen LogP contribution is -2.57. The number of esters is 2. The van der Waals surface area contributed by atoms with Crippen molar-refractivity contribution in [1.82, 2.24) is 19.1 Å². The molecule has 0 unspecified atom stereocenters. The minimum Gasteiger partial charge on any atom is -0.456 e. The fraction of sp³-hybridized carbons (Fsp3) is 0.741. The average molecular weight is 1500 g/mol. The van der Waals surface area contributed by atoms with Crippen LogP contribution >= 0.6 is 15.6 Å². The molecule has 0 bridgehead atoms. The van der Waals surface area contributed by atoms with Crippen molar-refractivity contribution in [3.05, 3.63) is 66.2 Å². The van der Waals surface area contributed by atoms with E-state index in [-0.39, 0.29) is 5.92 Å². The Labute approximate surface area is 564 Å². The van der Waals surface area contributed by atoms with Crippen molar-refractivity contribution in [2.45, 2.75) is 181 Å². The van der Waals surface area contributed by atoms with E-state index in [0.717, 1.165) is 42.9 Å². The Morgan fingerprint density at radius 2 is 0.838 bits per heavy atom. The SMILES string of the molecule is CC(C)OC(=O)OCOP(=O)(OCOC(=O)OC(C)C)OC[C@@]1(CF)O[C@@H](n2ccc(=O)[nH]c2=O)[C@](C)(O)[C@@H]1OC(=O)[C@H](C)C(C)C.CC(C)OC(=O)OCOP(=O)(OCOC(=O)OC(C)C)OC[C@@]1(CF)O[C@@H](n2ccc(=O)[nH]c2=O)[C@](C)(O)[C@@H]1OC(=O)[C@H](N)C(C)C.CS(=O)(=O)O. The van der Waals surface area contributed by atoms with Crippen LogP contribution in [0.1, 0.15) is 116 Å². The first-order valence-corrected chi connectivity index (χ1v) is 34.4. The Hall–Kier alpha value is -6.83. The normalized spacial score (nSPS) is 22.9. The molecule has 0 aromatic carbocycles. The Kier molecular flexibility index (Phi) is 34.1. The number of phosphoric acid groups is 2. The second-order valence-corrected chi connectivity index (χ2v) is 28.5. The van der Waals surface area contributed by atoms with Crippen LogP contribution in [0.2, 0.25) is 0 Å². The lowest BCUT2D eigenvalue weighted by atomic mass is 9.87. The van der Waals surface area contributed by atoms with Crippen LogP contribution in [0.15, 0.2) is 43.7 Å². The number of halogens is 2. The molecule has 2 aromatic heterocycles. The second-order valence-electron chi connectivity index (χ2n) is 23.7. The summed E-state index contributed by atoms with van der Waals surface area (Å²) in [6, 6.07) is 0.577. The molecule has 10 atom stereocenters. The number of carbonyl (C=O) groups excluding carboxylic acids is 6. The van der Waals surface area contributed by atoms with Gasteiger partial charge in [-0.25, -0.2) is 64.8 Å². The van der Waals surface area contributed by atoms with Gasteiger partial charge in [0.15, 0.2) is 35.9 Å². The van der Waals surface area contributed by atoms with E-state index in [2.05, 4.69) is 18.9 Å². The van der Waals surface area contributed by atoms with Crippen molar-refractivity contribution in [3.8, 4) is 0 Å². The van der Waals surface area contributed by atoms with Crippen molar-refractivity contribution in [2.75, 3.05) is 60.0 Å². The number of hydrogen-bond acceptors (Lipinski definition) is 35. The van der Waals surface area contributed by atoms with Crippen LogP contribution in [-0.4, -0.2) is 204 Å². The van der Waals surface area contributed by atoms with Gasteiger partial charge in [-0.05, 0) is 81.1 Å². The maximum absolute atomic E-state index is 15.1. The summed E-state index contributed by atoms with van der Waals surface area (Å²) in [4.78, 5) is 126. The average Bonchev–Trinajstić information content (AvgIpc) is 1.59. The van der Waals surface area contributed by atoms with Crippen molar-refractivity contribution in [1.29, 1.82) is 0 Å². The smallest absolute Gasteiger partial charge is 0.456 e. The van der Waals surface area contributed by atoms with Crippen LogP contribution in [0.25, 0.3) is 0 Å². The standard InChI is InChI=1S/C27H42FN2O16P.C26H41FN3O16P.CH4O3S/c1-15(2)18(7)20(32)45-21-26(8,36)22(30-10-9-19(31)29-23(30)33)46-27(21,11-28)12-40-47(37,41-13-38-24(34)43-16(3)4)42-14-39-25(35)44-17(5)6;1-14(2)18(28)19(32)45-20-25(7,36)21(30-9-8-17(31)29-22(30)33)46-26(20,10-27)11-40-47(37,41-12-38-23(34)43-15(3)4)42-13-39-24(35)44-16(5)6;1-5(2,3)4/h9-10,15-18,21-22,36H,11-14H2,1-8H3,(H,29,31,33);8-9,14-16,18,20-21,36H,10-13,28H2,1-7H3,(H,29,31,33);1H3,(H,2,3,4)/t18-,21+,22-,26-,27-;18-,20+,21-,25-,26-;/m11./s1. The van der Waals surface area contributed by atoms with Gasteiger partial charge in [0, 0.05) is 24.5 Å². The fourth-order valence-corrected chi connectivity index (χ4v) is 9.94. The topological polar surface area (TPSA) is 533 Å². The predicted molar refractivity (Wildman–Crippen MR) is 327 cm³/mol. The van der Waals surface area contributed by atoms with Crippen molar-refractivity contribution in [3.63, 3.8) is 0 Å². The maximum atomic E-state index is 15.1. The van der Waals surface area contributed by atoms with Gasteiger partial charge in [-0.15, -0.1) is 0 Å². The molecule has 0 spiro atoms. The molecule has 0 aliphatic carbocycles. The second kappa shape index (κ2) is 38.3. The minimum atomic E-state index is -5.03. The number of rotatable bonds is 32. The summed E-state index contributed by atoms with van der Waals surface area (Å²) in [7, 11) is -13.7. The molecule has 2 aromatic rings. The van der Waals surface area contributed by atoms with Crippen molar-refractivity contribution >= 4 is 62.3 Å². The van der Waals surface area contributed by atoms with Gasteiger partial charge >= 0.3 is 63.6 Å². The number of hydrogen-bond donors (Lipinski definition) is 6. The molecule has 7 N–H and O–H groups in total. The molecule has 4 rings (SSSR count). The zero-order chi connectivity index (χ0) is 76.0. The van der Waals surface area contributed by atoms with Gasteiger partial charge in [-0.1, -0.05) is 34.6 Å². The number of nitrogens with zero attached hydrogens (tertiary/aromatic N) is 2. The van der Waals surface area contributed by atoms with E-state index in [1.165, 1.54) is 62.3 Å². The van der Waals surface area contributed by atoms with Crippen LogP contribution in [0, 0.1) is 17.8 Å². The number of alkyl halides is 2. The molecule has 2 aliphatic rings. The predicted octanol–water partition coefficient (Wildman–Crippen LogP) is 4.04. The molecule has 2 aliphatic heterocycles. The van der Waals surface area contributed by atoms with Crippen LogP contribution in [0.5, 0.6) is 0 Å². The first-order valence-electron chi connectivity index (χ1n) is 29.6. The molecule has 45 heteroatoms. The van der Waals surface area contributed by atoms with Crippen LogP contribution < -0.4 is 28.2 Å². The molecule has 0 radical (unpaired) electrons. The summed E-state index contributed by atoms with van der Waals surface area (Å²) in [5.74, 6) is -3.48. The highest BCUT2D eigenvalue weighted by Gasteiger charge is 2.67. The third-order valence-corrected chi connectivity index (χ3v) is 15.6. The van der Waals surface area contributed by atoms with E-state index in [4.69, 9.17) is 75.3 Å². The molecule has 2 fully saturated rings. The molecule has 2 saturated heterocycles. The highest BCUT2D eigenvalue weighted by atomic mass is 32.2. The molecular weight excluding hydrogens is 1410 g/mol. The molecule has 568 valence electrons. The molecule has 99 heavy (non-hydrogen) atoms. The Balaban J connectivity index is 0.000000630. The van der Waals surface area contributed by atoms with E-state index in [1.807, 2.05) is 9.97 Å². The number of aliphatic hydroxyl groups is 2. The van der Waals surface area contributed by atoms with Gasteiger partial charge in [0.2, 0.25) is 27.2 Å². The maximum Gasteiger partial charge on any atom is 0.510 e. The minimum absolute atomic E-state index is 0.254. The van der Waals surface area contributed by atoms with Crippen LogP contribution in [0.4, 0.5) is 28.0 Å². The highest BCUT2D eigenvalue weighted by Crippen LogP contribution is 2.55. The summed E-state index contributed by atoms with van der Waals surface area (Å²) in [5, 5.41) is 23.2. The monoisotopic (exact) mass is 1500 g/mol. The zero-order valence-corrected chi connectivity index (χ0v) is 59.4. The first kappa shape index (κ1) is 88.3. The third kappa shape index (κ3) is 27.9.